The Morgan fingerprint density at radius 3 is 2.48 bits per heavy atom. The summed E-state index contributed by atoms with van der Waals surface area (Å²) in [5.41, 5.74) is 5.67. The van der Waals surface area contributed by atoms with E-state index in [-0.39, 0.29) is 5.82 Å². The maximum absolute atomic E-state index is 15.0. The first-order chi connectivity index (χ1) is 12.1. The van der Waals surface area contributed by atoms with Gasteiger partial charge in [0.15, 0.2) is 12.0 Å². The molecule has 0 atom stereocenters. The number of nitrogens with zero attached hydrogens (tertiary/aromatic N) is 2. The van der Waals surface area contributed by atoms with E-state index in [1.54, 1.807) is 6.07 Å². The molecule has 0 fully saturated rings. The van der Waals surface area contributed by atoms with Crippen molar-refractivity contribution >= 4 is 10.9 Å². The highest BCUT2D eigenvalue weighted by atomic mass is 19.1. The predicted octanol–water partition coefficient (Wildman–Crippen LogP) is 4.78. The Morgan fingerprint density at radius 1 is 0.960 bits per heavy atom. The average molecular weight is 331 g/mol. The minimum Gasteiger partial charge on any atom is -0.351 e. The zero-order chi connectivity index (χ0) is 17.6. The average Bonchev–Trinajstić information content (AvgIpc) is 2.97. The van der Waals surface area contributed by atoms with Crippen molar-refractivity contribution in [2.24, 2.45) is 14.1 Å². The quantitative estimate of drug-likeness (QED) is 0.467. The van der Waals surface area contributed by atoms with E-state index < -0.39 is 0 Å². The van der Waals surface area contributed by atoms with Gasteiger partial charge in [0.1, 0.15) is 7.05 Å². The molecule has 0 aliphatic carbocycles. The summed E-state index contributed by atoms with van der Waals surface area (Å²) in [7, 11) is 3.92. The lowest BCUT2D eigenvalue weighted by atomic mass is 10.00. The van der Waals surface area contributed by atoms with Crippen LogP contribution < -0.4 is 4.57 Å². The monoisotopic (exact) mass is 331 g/mol. The van der Waals surface area contributed by atoms with Crippen molar-refractivity contribution in [2.45, 2.75) is 6.92 Å². The zero-order valence-electron chi connectivity index (χ0n) is 14.6. The third kappa shape index (κ3) is 2.52. The van der Waals surface area contributed by atoms with Crippen LogP contribution in [0.5, 0.6) is 0 Å². The van der Waals surface area contributed by atoms with Crippen LogP contribution in [0.25, 0.3) is 33.3 Å². The molecule has 3 heteroatoms. The normalized spacial score (nSPS) is 11.2. The fourth-order valence-electron chi connectivity index (χ4n) is 3.54. The van der Waals surface area contributed by atoms with Gasteiger partial charge in [0.25, 0.3) is 0 Å². The summed E-state index contributed by atoms with van der Waals surface area (Å²) >= 11 is 0. The first kappa shape index (κ1) is 15.6. The van der Waals surface area contributed by atoms with E-state index in [2.05, 4.69) is 16.7 Å². The predicted molar refractivity (Wildman–Crippen MR) is 99.7 cm³/mol. The number of fused-ring (bicyclic) bond motifs is 1. The molecule has 2 aromatic heterocycles. The minimum absolute atomic E-state index is 0.206. The maximum atomic E-state index is 15.0. The van der Waals surface area contributed by atoms with Gasteiger partial charge in [0.2, 0.25) is 5.69 Å². The molecule has 0 radical (unpaired) electrons. The van der Waals surface area contributed by atoms with Gasteiger partial charge in [-0.15, -0.1) is 0 Å². The Labute approximate surface area is 146 Å². The Kier molecular flexibility index (Phi) is 3.65. The highest BCUT2D eigenvalue weighted by Gasteiger charge is 2.21. The largest absolute Gasteiger partial charge is 0.351 e. The van der Waals surface area contributed by atoms with Crippen LogP contribution in [-0.2, 0) is 14.1 Å². The van der Waals surface area contributed by atoms with E-state index in [9.17, 15) is 0 Å². The molecule has 4 rings (SSSR count). The summed E-state index contributed by atoms with van der Waals surface area (Å²) in [5, 5.41) is 1.13. The van der Waals surface area contributed by atoms with Crippen molar-refractivity contribution in [2.75, 3.05) is 0 Å². The summed E-state index contributed by atoms with van der Waals surface area (Å²) in [4.78, 5) is 0. The first-order valence-electron chi connectivity index (χ1n) is 8.36. The van der Waals surface area contributed by atoms with Crippen molar-refractivity contribution in [3.8, 4) is 22.4 Å². The van der Waals surface area contributed by atoms with Crippen molar-refractivity contribution < 1.29 is 8.96 Å². The SMILES string of the molecule is Cc1ccccc1-c1c(F)cc(-c2cccc3c2ccn3C)c[n+]1C. The summed E-state index contributed by atoms with van der Waals surface area (Å²) in [6, 6.07) is 17.8. The third-order valence-electron chi connectivity index (χ3n) is 4.83. The fourth-order valence-corrected chi connectivity index (χ4v) is 3.54. The van der Waals surface area contributed by atoms with E-state index in [4.69, 9.17) is 0 Å². The Morgan fingerprint density at radius 2 is 1.72 bits per heavy atom. The van der Waals surface area contributed by atoms with Crippen molar-refractivity contribution in [1.82, 2.24) is 4.57 Å². The number of aryl methyl sites for hydroxylation is 3. The van der Waals surface area contributed by atoms with Crippen molar-refractivity contribution in [1.29, 1.82) is 0 Å². The van der Waals surface area contributed by atoms with Gasteiger partial charge in [-0.1, -0.05) is 30.3 Å². The van der Waals surface area contributed by atoms with E-state index in [0.717, 1.165) is 33.2 Å². The van der Waals surface area contributed by atoms with Gasteiger partial charge in [0, 0.05) is 29.7 Å². The molecule has 4 aromatic rings. The first-order valence-corrected chi connectivity index (χ1v) is 8.36. The molecular weight excluding hydrogens is 311 g/mol. The lowest BCUT2D eigenvalue weighted by Gasteiger charge is -2.08. The molecule has 0 aliphatic rings. The molecule has 0 unspecified atom stereocenters. The van der Waals surface area contributed by atoms with Crippen molar-refractivity contribution in [3.63, 3.8) is 0 Å². The smallest absolute Gasteiger partial charge is 0.248 e. The van der Waals surface area contributed by atoms with Gasteiger partial charge in [-0.3, -0.25) is 0 Å². The van der Waals surface area contributed by atoms with Gasteiger partial charge < -0.3 is 4.57 Å². The number of rotatable bonds is 2. The fraction of sp³-hybridized carbons (Fsp3) is 0.136. The molecule has 2 nitrogen and oxygen atoms in total. The number of hydrogen-bond acceptors (Lipinski definition) is 0. The van der Waals surface area contributed by atoms with Gasteiger partial charge >= 0.3 is 0 Å². The zero-order valence-corrected chi connectivity index (χ0v) is 14.6. The summed E-state index contributed by atoms with van der Waals surface area (Å²) in [5.74, 6) is -0.206. The van der Waals surface area contributed by atoms with Gasteiger partial charge in [-0.2, -0.15) is 8.96 Å². The van der Waals surface area contributed by atoms with Crippen LogP contribution >= 0.6 is 0 Å². The van der Waals surface area contributed by atoms with Gasteiger partial charge in [0.05, 0.1) is 5.56 Å². The Bertz CT molecular complexity index is 1070. The number of aromatic nitrogens is 2. The van der Waals surface area contributed by atoms with Gasteiger partial charge in [-0.05, 0) is 42.3 Å². The highest BCUT2D eigenvalue weighted by molar-refractivity contribution is 5.95. The van der Waals surface area contributed by atoms with Gasteiger partial charge in [-0.25, -0.2) is 0 Å². The molecule has 0 aliphatic heterocycles. The lowest BCUT2D eigenvalue weighted by molar-refractivity contribution is -0.661. The number of benzene rings is 2. The van der Waals surface area contributed by atoms with Crippen LogP contribution in [0.2, 0.25) is 0 Å². The maximum Gasteiger partial charge on any atom is 0.248 e. The van der Waals surface area contributed by atoms with Crippen LogP contribution in [0.4, 0.5) is 4.39 Å². The standard InChI is InChI=1S/C22H20FN2/c1-15-7-4-5-8-17(15)22-20(23)13-16(14-25(22)3)18-9-6-10-21-19(18)11-12-24(21)2/h4-14H,1-3H3/q+1. The molecule has 0 bridgehead atoms. The summed E-state index contributed by atoms with van der Waals surface area (Å²) < 4.78 is 19.0. The summed E-state index contributed by atoms with van der Waals surface area (Å²) in [6.07, 6.45) is 4.04. The molecule has 0 spiro atoms. The third-order valence-corrected chi connectivity index (χ3v) is 4.83. The van der Waals surface area contributed by atoms with Crippen molar-refractivity contribution in [3.05, 3.63) is 78.4 Å². The molecule has 0 amide bonds. The van der Waals surface area contributed by atoms with Crippen LogP contribution in [0, 0.1) is 12.7 Å². The number of hydrogen-bond donors (Lipinski definition) is 0. The van der Waals surface area contributed by atoms with E-state index in [0.29, 0.717) is 5.69 Å². The molecule has 2 heterocycles. The van der Waals surface area contributed by atoms with Crippen LogP contribution in [-0.4, -0.2) is 4.57 Å². The van der Waals surface area contributed by atoms with E-state index in [1.807, 2.05) is 74.4 Å². The van der Waals surface area contributed by atoms with Crippen LogP contribution in [0.15, 0.2) is 67.0 Å². The second-order valence-electron chi connectivity index (χ2n) is 6.52. The topological polar surface area (TPSA) is 8.81 Å². The number of halogens is 1. The van der Waals surface area contributed by atoms with E-state index in [1.165, 1.54) is 0 Å². The molecule has 0 saturated carbocycles. The molecular formula is C22H20FN2+. The molecule has 25 heavy (non-hydrogen) atoms. The second kappa shape index (κ2) is 5.85. The highest BCUT2D eigenvalue weighted by Crippen LogP contribution is 2.31. The number of pyridine rings is 1. The minimum atomic E-state index is -0.206. The molecule has 0 saturated heterocycles. The lowest BCUT2D eigenvalue weighted by Crippen LogP contribution is -2.32. The second-order valence-corrected chi connectivity index (χ2v) is 6.52. The molecule has 124 valence electrons. The van der Waals surface area contributed by atoms with E-state index >= 15 is 4.39 Å². The Balaban J connectivity index is 1.93. The Hall–Kier alpha value is -2.94. The summed E-state index contributed by atoms with van der Waals surface area (Å²) in [6.45, 7) is 2.01. The van der Waals surface area contributed by atoms with Crippen LogP contribution in [0.1, 0.15) is 5.56 Å². The molecule has 2 aromatic carbocycles. The van der Waals surface area contributed by atoms with Crippen LogP contribution in [0.3, 0.4) is 0 Å². The molecule has 0 N–H and O–H groups in total.